The second-order valence-electron chi connectivity index (χ2n) is 6.60. The molecule has 0 bridgehead atoms. The number of carbonyl (C=O) groups is 1. The van der Waals surface area contributed by atoms with E-state index in [1.165, 1.54) is 12.4 Å². The van der Waals surface area contributed by atoms with Crippen LogP contribution >= 0.6 is 0 Å². The van der Waals surface area contributed by atoms with Gasteiger partial charge in [0.2, 0.25) is 0 Å². The molecule has 0 radical (unpaired) electrons. The second kappa shape index (κ2) is 7.93. The van der Waals surface area contributed by atoms with Crippen LogP contribution in [0.4, 0.5) is 5.82 Å². The standard InChI is InChI=1S/C22H20N6O/c1-27(22(29)20-21(23)25-13-12-24-20)14-17-15-28(18-10-6-3-7-11-18)26-19(17)16-8-4-2-5-9-16/h2-13,15H,14H2,1H3,(H2,23,25). The van der Waals surface area contributed by atoms with Gasteiger partial charge in [-0.1, -0.05) is 48.5 Å². The lowest BCUT2D eigenvalue weighted by atomic mass is 10.1. The van der Waals surface area contributed by atoms with Gasteiger partial charge in [0.25, 0.3) is 5.91 Å². The minimum atomic E-state index is -0.290. The molecule has 2 heterocycles. The average Bonchev–Trinajstić information content (AvgIpc) is 3.18. The fraction of sp³-hybridized carbons (Fsp3) is 0.0909. The maximum atomic E-state index is 12.8. The molecule has 4 aromatic rings. The number of carbonyl (C=O) groups excluding carboxylic acids is 1. The Morgan fingerprint density at radius 3 is 2.34 bits per heavy atom. The Morgan fingerprint density at radius 1 is 1.00 bits per heavy atom. The number of hydrogen-bond acceptors (Lipinski definition) is 5. The van der Waals surface area contributed by atoms with E-state index in [0.717, 1.165) is 22.5 Å². The highest BCUT2D eigenvalue weighted by Crippen LogP contribution is 2.25. The van der Waals surface area contributed by atoms with Gasteiger partial charge in [0, 0.05) is 43.3 Å². The van der Waals surface area contributed by atoms with Gasteiger partial charge in [-0.3, -0.25) is 4.79 Å². The molecule has 0 unspecified atom stereocenters. The quantitative estimate of drug-likeness (QED) is 0.571. The molecular weight excluding hydrogens is 364 g/mol. The van der Waals surface area contributed by atoms with Crippen LogP contribution in [-0.2, 0) is 6.54 Å². The van der Waals surface area contributed by atoms with Crippen LogP contribution in [0.25, 0.3) is 16.9 Å². The van der Waals surface area contributed by atoms with Crippen molar-refractivity contribution in [3.63, 3.8) is 0 Å². The maximum absolute atomic E-state index is 12.8. The Morgan fingerprint density at radius 2 is 1.66 bits per heavy atom. The molecule has 0 spiro atoms. The summed E-state index contributed by atoms with van der Waals surface area (Å²) in [7, 11) is 1.71. The molecule has 0 saturated carbocycles. The highest BCUT2D eigenvalue weighted by atomic mass is 16.2. The fourth-order valence-electron chi connectivity index (χ4n) is 3.10. The molecule has 0 aliphatic carbocycles. The number of para-hydroxylation sites is 1. The first-order valence-electron chi connectivity index (χ1n) is 9.15. The lowest BCUT2D eigenvalue weighted by Gasteiger charge is -2.17. The minimum Gasteiger partial charge on any atom is -0.382 e. The van der Waals surface area contributed by atoms with Crippen molar-refractivity contribution >= 4 is 11.7 Å². The number of nitrogens with zero attached hydrogens (tertiary/aromatic N) is 5. The number of hydrogen-bond donors (Lipinski definition) is 1. The van der Waals surface area contributed by atoms with E-state index >= 15 is 0 Å². The third-order valence-electron chi connectivity index (χ3n) is 4.54. The maximum Gasteiger partial charge on any atom is 0.276 e. The van der Waals surface area contributed by atoms with Gasteiger partial charge in [-0.05, 0) is 12.1 Å². The summed E-state index contributed by atoms with van der Waals surface area (Å²) >= 11 is 0. The Balaban J connectivity index is 1.69. The Kier molecular flexibility index (Phi) is 5.03. The van der Waals surface area contributed by atoms with Crippen molar-refractivity contribution in [3.05, 3.63) is 90.5 Å². The topological polar surface area (TPSA) is 89.9 Å². The number of nitrogen functional groups attached to an aromatic ring is 1. The summed E-state index contributed by atoms with van der Waals surface area (Å²) in [5.74, 6) is -0.172. The molecule has 0 fully saturated rings. The van der Waals surface area contributed by atoms with Crippen LogP contribution in [0.15, 0.2) is 79.3 Å². The fourth-order valence-corrected chi connectivity index (χ4v) is 3.10. The normalized spacial score (nSPS) is 10.7. The zero-order chi connectivity index (χ0) is 20.2. The van der Waals surface area contributed by atoms with Gasteiger partial charge in [-0.15, -0.1) is 0 Å². The van der Waals surface area contributed by atoms with Crippen LogP contribution in [0.5, 0.6) is 0 Å². The predicted molar refractivity (Wildman–Crippen MR) is 111 cm³/mol. The van der Waals surface area contributed by atoms with Crippen LogP contribution in [-0.4, -0.2) is 37.6 Å². The smallest absolute Gasteiger partial charge is 0.276 e. The SMILES string of the molecule is CN(Cc1cn(-c2ccccc2)nc1-c1ccccc1)C(=O)c1nccnc1N. The van der Waals surface area contributed by atoms with Gasteiger partial charge in [0.1, 0.15) is 0 Å². The van der Waals surface area contributed by atoms with Gasteiger partial charge < -0.3 is 10.6 Å². The van der Waals surface area contributed by atoms with Crippen molar-refractivity contribution in [2.75, 3.05) is 12.8 Å². The molecule has 0 aliphatic heterocycles. The van der Waals surface area contributed by atoms with Crippen LogP contribution in [0, 0.1) is 0 Å². The monoisotopic (exact) mass is 384 g/mol. The second-order valence-corrected chi connectivity index (χ2v) is 6.60. The van der Waals surface area contributed by atoms with Crippen molar-refractivity contribution in [2.45, 2.75) is 6.54 Å². The Bertz CT molecular complexity index is 1120. The van der Waals surface area contributed by atoms with Crippen molar-refractivity contribution in [1.29, 1.82) is 0 Å². The van der Waals surface area contributed by atoms with Gasteiger partial charge in [0.15, 0.2) is 11.5 Å². The summed E-state index contributed by atoms with van der Waals surface area (Å²) in [4.78, 5) is 22.4. The molecule has 144 valence electrons. The Hall–Kier alpha value is -4.00. The van der Waals surface area contributed by atoms with Crippen molar-refractivity contribution < 1.29 is 4.79 Å². The third-order valence-corrected chi connectivity index (χ3v) is 4.54. The van der Waals surface area contributed by atoms with E-state index in [4.69, 9.17) is 10.8 Å². The van der Waals surface area contributed by atoms with E-state index in [1.54, 1.807) is 11.9 Å². The van der Waals surface area contributed by atoms with Crippen LogP contribution in [0.1, 0.15) is 16.1 Å². The molecule has 0 saturated heterocycles. The highest BCUT2D eigenvalue weighted by molar-refractivity contribution is 5.96. The van der Waals surface area contributed by atoms with Crippen LogP contribution < -0.4 is 5.73 Å². The zero-order valence-corrected chi connectivity index (χ0v) is 15.9. The van der Waals surface area contributed by atoms with E-state index in [9.17, 15) is 4.79 Å². The highest BCUT2D eigenvalue weighted by Gasteiger charge is 2.20. The number of rotatable bonds is 5. The number of amides is 1. The van der Waals surface area contributed by atoms with Gasteiger partial charge in [-0.2, -0.15) is 5.10 Å². The zero-order valence-electron chi connectivity index (χ0n) is 15.9. The Labute approximate surface area is 168 Å². The first kappa shape index (κ1) is 18.4. The molecule has 2 aromatic heterocycles. The van der Waals surface area contributed by atoms with E-state index in [1.807, 2.05) is 71.5 Å². The van der Waals surface area contributed by atoms with E-state index in [2.05, 4.69) is 9.97 Å². The van der Waals surface area contributed by atoms with Crippen molar-refractivity contribution in [1.82, 2.24) is 24.6 Å². The van der Waals surface area contributed by atoms with Gasteiger partial charge >= 0.3 is 0 Å². The molecule has 0 aliphatic rings. The molecule has 0 atom stereocenters. The molecule has 7 nitrogen and oxygen atoms in total. The number of aromatic nitrogens is 4. The summed E-state index contributed by atoms with van der Waals surface area (Å²) in [5, 5.41) is 4.78. The summed E-state index contributed by atoms with van der Waals surface area (Å²) < 4.78 is 1.83. The summed E-state index contributed by atoms with van der Waals surface area (Å²) in [6.07, 6.45) is 4.87. The van der Waals surface area contributed by atoms with Crippen LogP contribution in [0.2, 0.25) is 0 Å². The molecule has 7 heteroatoms. The van der Waals surface area contributed by atoms with Gasteiger partial charge in [0.05, 0.1) is 11.4 Å². The summed E-state index contributed by atoms with van der Waals surface area (Å²) in [6, 6.07) is 19.8. The molecular formula is C22H20N6O. The summed E-state index contributed by atoms with van der Waals surface area (Å²) in [6.45, 7) is 0.353. The predicted octanol–water partition coefficient (Wildman–Crippen LogP) is 3.18. The first-order chi connectivity index (χ1) is 14.1. The van der Waals surface area contributed by atoms with E-state index in [0.29, 0.717) is 6.54 Å². The van der Waals surface area contributed by atoms with Crippen LogP contribution in [0.3, 0.4) is 0 Å². The number of benzene rings is 2. The lowest BCUT2D eigenvalue weighted by Crippen LogP contribution is -2.28. The average molecular weight is 384 g/mol. The van der Waals surface area contributed by atoms with Crippen molar-refractivity contribution in [3.8, 4) is 16.9 Å². The number of nitrogens with two attached hydrogens (primary N) is 1. The largest absolute Gasteiger partial charge is 0.382 e. The minimum absolute atomic E-state index is 0.118. The first-order valence-corrected chi connectivity index (χ1v) is 9.15. The summed E-state index contributed by atoms with van der Waals surface area (Å²) in [5.41, 5.74) is 9.63. The van der Waals surface area contributed by atoms with Gasteiger partial charge in [-0.25, -0.2) is 14.6 Å². The molecule has 2 N–H and O–H groups in total. The van der Waals surface area contributed by atoms with E-state index < -0.39 is 0 Å². The third kappa shape index (κ3) is 3.84. The van der Waals surface area contributed by atoms with Crippen molar-refractivity contribution in [2.24, 2.45) is 0 Å². The molecule has 1 amide bonds. The lowest BCUT2D eigenvalue weighted by molar-refractivity contribution is 0.0780. The molecule has 2 aromatic carbocycles. The molecule has 29 heavy (non-hydrogen) atoms. The number of anilines is 1. The van der Waals surface area contributed by atoms with E-state index in [-0.39, 0.29) is 17.4 Å². The molecule has 4 rings (SSSR count).